The van der Waals surface area contributed by atoms with Gasteiger partial charge in [-0.2, -0.15) is 0 Å². The summed E-state index contributed by atoms with van der Waals surface area (Å²) in [7, 11) is -2.35. The van der Waals surface area contributed by atoms with Gasteiger partial charge >= 0.3 is 0 Å². The van der Waals surface area contributed by atoms with E-state index in [0.29, 0.717) is 0 Å². The van der Waals surface area contributed by atoms with Crippen LogP contribution in [-0.4, -0.2) is 14.9 Å². The highest BCUT2D eigenvalue weighted by atomic mass is 28.4. The van der Waals surface area contributed by atoms with Crippen LogP contribution in [0.3, 0.4) is 0 Å². The minimum atomic E-state index is -2.35. The summed E-state index contributed by atoms with van der Waals surface area (Å²) in [6, 6.07) is 21.9. The third kappa shape index (κ3) is 4.85. The smallest absolute Gasteiger partial charge is 0.261 e. The maximum Gasteiger partial charge on any atom is 0.261 e. The van der Waals surface area contributed by atoms with Crippen molar-refractivity contribution in [3.8, 4) is 0 Å². The fourth-order valence-electron chi connectivity index (χ4n) is 4.62. The highest BCUT2D eigenvalue weighted by Gasteiger charge is 2.49. The van der Waals surface area contributed by atoms with Gasteiger partial charge in [-0.25, -0.2) is 0 Å². The van der Waals surface area contributed by atoms with E-state index in [1.54, 1.807) is 0 Å². The Morgan fingerprint density at radius 2 is 1.50 bits per heavy atom. The van der Waals surface area contributed by atoms with Crippen molar-refractivity contribution < 1.29 is 4.43 Å². The van der Waals surface area contributed by atoms with E-state index in [2.05, 4.69) is 93.6 Å². The first-order valence-corrected chi connectivity index (χ1v) is 12.9. The number of hydrogen-bond acceptors (Lipinski definition) is 1. The third-order valence-corrected chi connectivity index (χ3v) is 11.1. The van der Waals surface area contributed by atoms with Crippen molar-refractivity contribution in [2.24, 2.45) is 5.92 Å². The zero-order chi connectivity index (χ0) is 19.9. The molecule has 2 heteroatoms. The monoisotopic (exact) mass is 392 g/mol. The molecular weight excluding hydrogens is 356 g/mol. The number of allylic oxidation sites excluding steroid dienone is 2. The van der Waals surface area contributed by atoms with Crippen LogP contribution >= 0.6 is 0 Å². The normalized spacial score (nSPS) is 17.6. The van der Waals surface area contributed by atoms with Gasteiger partial charge in [0.15, 0.2) is 0 Å². The molecule has 1 aliphatic carbocycles. The maximum absolute atomic E-state index is 6.98. The molecule has 0 saturated heterocycles. The van der Waals surface area contributed by atoms with Crippen LogP contribution < -0.4 is 10.4 Å². The molecule has 0 aliphatic heterocycles. The molecule has 0 amide bonds. The van der Waals surface area contributed by atoms with Crippen molar-refractivity contribution in [3.05, 3.63) is 72.8 Å². The Labute approximate surface area is 173 Å². The molecule has 0 radical (unpaired) electrons. The van der Waals surface area contributed by atoms with Crippen molar-refractivity contribution in [2.75, 3.05) is 6.61 Å². The Morgan fingerprint density at radius 1 is 0.893 bits per heavy atom. The molecule has 2 aromatic rings. The van der Waals surface area contributed by atoms with Gasteiger partial charge in [-0.3, -0.25) is 0 Å². The van der Waals surface area contributed by atoms with Gasteiger partial charge in [0.25, 0.3) is 8.32 Å². The second kappa shape index (κ2) is 9.71. The topological polar surface area (TPSA) is 9.23 Å². The summed E-state index contributed by atoms with van der Waals surface area (Å²) in [5.74, 6) is 0.793. The van der Waals surface area contributed by atoms with Gasteiger partial charge in [-0.15, -0.1) is 0 Å². The molecule has 0 aromatic heterocycles. The quantitative estimate of drug-likeness (QED) is 0.300. The molecule has 0 N–H and O–H groups in total. The van der Waals surface area contributed by atoms with Crippen molar-refractivity contribution in [1.82, 2.24) is 0 Å². The molecule has 150 valence electrons. The van der Waals surface area contributed by atoms with Crippen LogP contribution in [0.15, 0.2) is 72.8 Å². The predicted molar refractivity (Wildman–Crippen MR) is 124 cm³/mol. The third-order valence-electron chi connectivity index (χ3n) is 6.06. The van der Waals surface area contributed by atoms with E-state index in [4.69, 9.17) is 4.43 Å². The molecule has 0 saturated carbocycles. The second-order valence-electron chi connectivity index (χ2n) is 9.13. The Kier molecular flexibility index (Phi) is 7.31. The van der Waals surface area contributed by atoms with Crippen molar-refractivity contribution in [2.45, 2.75) is 64.3 Å². The average Bonchev–Trinajstić information content (AvgIpc) is 2.72. The Morgan fingerprint density at radius 3 is 2.00 bits per heavy atom. The molecule has 1 unspecified atom stereocenters. The van der Waals surface area contributed by atoms with E-state index in [9.17, 15) is 0 Å². The molecule has 1 nitrogen and oxygen atoms in total. The van der Waals surface area contributed by atoms with Crippen LogP contribution in [0.1, 0.15) is 59.3 Å². The van der Waals surface area contributed by atoms with Crippen LogP contribution in [0, 0.1) is 5.92 Å². The van der Waals surface area contributed by atoms with E-state index in [1.807, 2.05) is 0 Å². The van der Waals surface area contributed by atoms with E-state index in [-0.39, 0.29) is 5.04 Å². The molecule has 0 bridgehead atoms. The molecule has 28 heavy (non-hydrogen) atoms. The minimum Gasteiger partial charge on any atom is -0.407 e. The SMILES string of the molecule is CC(C)(C)[Si](OCCCCC1C=CCCC1)(c1ccccc1)c1ccccc1. The van der Waals surface area contributed by atoms with Crippen LogP contribution in [-0.2, 0) is 4.43 Å². The highest BCUT2D eigenvalue weighted by molar-refractivity contribution is 6.99. The van der Waals surface area contributed by atoms with E-state index < -0.39 is 8.32 Å². The van der Waals surface area contributed by atoms with Gasteiger partial charge in [-0.1, -0.05) is 100 Å². The fraction of sp³-hybridized carbons (Fsp3) is 0.462. The number of hydrogen-bond donors (Lipinski definition) is 0. The van der Waals surface area contributed by atoms with E-state index in [1.165, 1.54) is 42.5 Å². The zero-order valence-corrected chi connectivity index (χ0v) is 18.9. The van der Waals surface area contributed by atoms with Gasteiger partial charge in [0.2, 0.25) is 0 Å². The Bertz CT molecular complexity index is 691. The summed E-state index contributed by atoms with van der Waals surface area (Å²) in [5, 5.41) is 2.83. The zero-order valence-electron chi connectivity index (χ0n) is 17.9. The molecule has 2 aromatic carbocycles. The van der Waals surface area contributed by atoms with Crippen LogP contribution in [0.2, 0.25) is 5.04 Å². The van der Waals surface area contributed by atoms with Gasteiger partial charge in [0, 0.05) is 6.61 Å². The lowest BCUT2D eigenvalue weighted by Gasteiger charge is -2.43. The lowest BCUT2D eigenvalue weighted by molar-refractivity contribution is 0.283. The largest absolute Gasteiger partial charge is 0.407 e. The predicted octanol–water partition coefficient (Wildman–Crippen LogP) is 6.09. The summed E-state index contributed by atoms with van der Waals surface area (Å²) in [4.78, 5) is 0. The highest BCUT2D eigenvalue weighted by Crippen LogP contribution is 2.37. The summed E-state index contributed by atoms with van der Waals surface area (Å²) >= 11 is 0. The Hall–Kier alpha value is -1.64. The fourth-order valence-corrected chi connectivity index (χ4v) is 9.22. The summed E-state index contributed by atoms with van der Waals surface area (Å²) < 4.78 is 6.98. The summed E-state index contributed by atoms with van der Waals surface area (Å²) in [6.45, 7) is 7.91. The minimum absolute atomic E-state index is 0.0712. The van der Waals surface area contributed by atoms with Crippen molar-refractivity contribution >= 4 is 18.7 Å². The number of benzene rings is 2. The van der Waals surface area contributed by atoms with Gasteiger partial charge in [-0.05, 0) is 53.4 Å². The number of rotatable bonds is 8. The number of unbranched alkanes of at least 4 members (excludes halogenated alkanes) is 1. The molecule has 1 aliphatic rings. The average molecular weight is 393 g/mol. The van der Waals surface area contributed by atoms with E-state index >= 15 is 0 Å². The van der Waals surface area contributed by atoms with E-state index in [0.717, 1.165) is 18.9 Å². The van der Waals surface area contributed by atoms with Crippen LogP contribution in [0.5, 0.6) is 0 Å². The molecule has 0 heterocycles. The van der Waals surface area contributed by atoms with Gasteiger partial charge in [0.05, 0.1) is 0 Å². The first-order chi connectivity index (χ1) is 13.5. The standard InChI is InChI=1S/C26H36OSi/c1-26(2,3)28(24-18-9-5-10-19-24,25-20-11-6-12-21-25)27-22-14-13-17-23-15-7-4-8-16-23/h5-7,9-12,15,18-21,23H,4,8,13-14,16-17,22H2,1-3H3. The summed E-state index contributed by atoms with van der Waals surface area (Å²) in [5.41, 5.74) is 0. The lowest BCUT2D eigenvalue weighted by Crippen LogP contribution is -2.66. The molecular formula is C26H36OSi. The first kappa shape index (κ1) is 21.1. The van der Waals surface area contributed by atoms with Crippen LogP contribution in [0.4, 0.5) is 0 Å². The lowest BCUT2D eigenvalue weighted by atomic mass is 9.91. The molecule has 0 spiro atoms. The summed E-state index contributed by atoms with van der Waals surface area (Å²) in [6.07, 6.45) is 12.5. The van der Waals surface area contributed by atoms with Crippen LogP contribution in [0.25, 0.3) is 0 Å². The molecule has 0 fully saturated rings. The van der Waals surface area contributed by atoms with Crippen molar-refractivity contribution in [3.63, 3.8) is 0 Å². The van der Waals surface area contributed by atoms with Gasteiger partial charge < -0.3 is 4.43 Å². The van der Waals surface area contributed by atoms with Gasteiger partial charge in [0.1, 0.15) is 0 Å². The van der Waals surface area contributed by atoms with Crippen molar-refractivity contribution in [1.29, 1.82) is 0 Å². The first-order valence-electron chi connectivity index (χ1n) is 11.0. The second-order valence-corrected chi connectivity index (χ2v) is 13.4. The Balaban J connectivity index is 1.76. The molecule has 1 atom stereocenters. The maximum atomic E-state index is 6.98. The molecule has 3 rings (SSSR count).